The molecular formula is C19H18N8OS. The molecule has 10 heteroatoms. The van der Waals surface area contributed by atoms with Crippen LogP contribution in [0.3, 0.4) is 0 Å². The van der Waals surface area contributed by atoms with Gasteiger partial charge in [-0.15, -0.1) is 20.5 Å². The number of azo groups is 2. The van der Waals surface area contributed by atoms with Gasteiger partial charge >= 0.3 is 0 Å². The Morgan fingerprint density at radius 3 is 2.59 bits per heavy atom. The predicted molar refractivity (Wildman–Crippen MR) is 114 cm³/mol. The van der Waals surface area contributed by atoms with E-state index in [4.69, 9.17) is 0 Å². The van der Waals surface area contributed by atoms with Crippen molar-refractivity contribution in [3.05, 3.63) is 48.7 Å². The number of benzene rings is 2. The summed E-state index contributed by atoms with van der Waals surface area (Å²) in [7, 11) is 5.50. The molecule has 0 aliphatic rings. The minimum absolute atomic E-state index is 0.0975. The zero-order valence-corrected chi connectivity index (χ0v) is 16.9. The topological polar surface area (TPSA) is 104 Å². The Morgan fingerprint density at radius 1 is 1.00 bits per heavy atom. The van der Waals surface area contributed by atoms with E-state index in [1.54, 1.807) is 30.1 Å². The zero-order chi connectivity index (χ0) is 20.4. The summed E-state index contributed by atoms with van der Waals surface area (Å²) in [6, 6.07) is 13.0. The van der Waals surface area contributed by atoms with Crippen LogP contribution in [0.15, 0.2) is 69.1 Å². The van der Waals surface area contributed by atoms with Crippen LogP contribution >= 0.6 is 11.5 Å². The lowest BCUT2D eigenvalue weighted by molar-refractivity contribution is 0.477. The lowest BCUT2D eigenvalue weighted by Gasteiger charge is -2.16. The fraction of sp³-hybridized carbons (Fsp3) is 0.158. The van der Waals surface area contributed by atoms with Crippen molar-refractivity contribution in [3.63, 3.8) is 0 Å². The number of phenolic OH excluding ortho intramolecular Hbond substituents is 1. The zero-order valence-electron chi connectivity index (χ0n) is 16.1. The number of anilines is 1. The molecule has 0 saturated heterocycles. The monoisotopic (exact) mass is 406 g/mol. The molecule has 1 N–H and O–H groups in total. The Balaban J connectivity index is 1.73. The van der Waals surface area contributed by atoms with Gasteiger partial charge in [-0.3, -0.25) is 0 Å². The minimum Gasteiger partial charge on any atom is -0.504 e. The molecule has 2 aromatic carbocycles. The maximum absolute atomic E-state index is 10.8. The number of hydrogen-bond donors (Lipinski definition) is 1. The van der Waals surface area contributed by atoms with Crippen molar-refractivity contribution in [2.75, 3.05) is 19.0 Å². The van der Waals surface area contributed by atoms with Crippen molar-refractivity contribution in [3.8, 4) is 5.75 Å². The number of fused-ring (bicyclic) bond motifs is 1. The molecule has 0 amide bonds. The van der Waals surface area contributed by atoms with Gasteiger partial charge in [0.15, 0.2) is 22.3 Å². The lowest BCUT2D eigenvalue weighted by atomic mass is 10.2. The largest absolute Gasteiger partial charge is 0.504 e. The molecule has 0 aliphatic heterocycles. The maximum Gasteiger partial charge on any atom is 0.173 e. The van der Waals surface area contributed by atoms with Crippen LogP contribution in [-0.4, -0.2) is 33.4 Å². The van der Waals surface area contributed by atoms with E-state index in [9.17, 15) is 5.11 Å². The van der Waals surface area contributed by atoms with Crippen molar-refractivity contribution < 1.29 is 5.11 Å². The third kappa shape index (κ3) is 3.69. The van der Waals surface area contributed by atoms with E-state index in [1.165, 1.54) is 11.5 Å². The number of aromatic hydroxyl groups is 1. The molecule has 0 bridgehead atoms. The first kappa shape index (κ1) is 18.7. The van der Waals surface area contributed by atoms with E-state index in [0.29, 0.717) is 27.9 Å². The van der Waals surface area contributed by atoms with E-state index in [2.05, 4.69) is 29.9 Å². The molecule has 0 saturated carbocycles. The highest BCUT2D eigenvalue weighted by atomic mass is 32.1. The smallest absolute Gasteiger partial charge is 0.173 e. The molecule has 0 fully saturated rings. The SMILES string of the molecule is CN(C)c1ccc(N=Nc2snc3ccccc23)c(O)c1N=Nc1ccnn1C. The summed E-state index contributed by atoms with van der Waals surface area (Å²) in [4.78, 5) is 1.84. The van der Waals surface area contributed by atoms with E-state index >= 15 is 0 Å². The van der Waals surface area contributed by atoms with Crippen LogP contribution in [0.2, 0.25) is 0 Å². The average Bonchev–Trinajstić information content (AvgIpc) is 3.31. The van der Waals surface area contributed by atoms with E-state index < -0.39 is 0 Å². The summed E-state index contributed by atoms with van der Waals surface area (Å²) >= 11 is 1.26. The van der Waals surface area contributed by atoms with Crippen LogP contribution in [0.25, 0.3) is 10.9 Å². The minimum atomic E-state index is -0.0975. The molecular weight excluding hydrogens is 388 g/mol. The first-order valence-electron chi connectivity index (χ1n) is 8.74. The summed E-state index contributed by atoms with van der Waals surface area (Å²) < 4.78 is 5.94. The van der Waals surface area contributed by atoms with Gasteiger partial charge in [-0.1, -0.05) is 12.1 Å². The van der Waals surface area contributed by atoms with Gasteiger partial charge in [-0.25, -0.2) is 4.68 Å². The Kier molecular flexibility index (Phi) is 5.00. The van der Waals surface area contributed by atoms with Crippen molar-refractivity contribution in [1.29, 1.82) is 0 Å². The number of rotatable bonds is 5. The summed E-state index contributed by atoms with van der Waals surface area (Å²) in [6.45, 7) is 0. The molecule has 29 heavy (non-hydrogen) atoms. The fourth-order valence-electron chi connectivity index (χ4n) is 2.71. The van der Waals surface area contributed by atoms with Crippen molar-refractivity contribution >= 4 is 50.3 Å². The van der Waals surface area contributed by atoms with Crippen LogP contribution in [0.1, 0.15) is 0 Å². The van der Waals surface area contributed by atoms with Crippen LogP contribution < -0.4 is 4.90 Å². The Hall–Kier alpha value is -3.66. The molecule has 146 valence electrons. The lowest BCUT2D eigenvalue weighted by Crippen LogP contribution is -2.08. The molecule has 0 aliphatic carbocycles. The summed E-state index contributed by atoms with van der Waals surface area (Å²) in [5.74, 6) is 0.469. The van der Waals surface area contributed by atoms with Gasteiger partial charge < -0.3 is 10.0 Å². The fourth-order valence-corrected chi connectivity index (χ4v) is 3.40. The molecule has 4 aromatic rings. The summed E-state index contributed by atoms with van der Waals surface area (Å²) in [5.41, 5.74) is 2.17. The van der Waals surface area contributed by atoms with Gasteiger partial charge in [-0.05, 0) is 35.8 Å². The van der Waals surface area contributed by atoms with Crippen molar-refractivity contribution in [2.24, 2.45) is 27.5 Å². The third-order valence-electron chi connectivity index (χ3n) is 4.25. The highest BCUT2D eigenvalue weighted by Crippen LogP contribution is 2.44. The van der Waals surface area contributed by atoms with Gasteiger partial charge in [0.1, 0.15) is 5.69 Å². The molecule has 2 heterocycles. The van der Waals surface area contributed by atoms with Gasteiger partial charge in [0.05, 0.1) is 17.4 Å². The quantitative estimate of drug-likeness (QED) is 0.434. The van der Waals surface area contributed by atoms with Gasteiger partial charge in [-0.2, -0.15) is 9.47 Å². The number of hydrogen-bond acceptors (Lipinski definition) is 9. The molecule has 0 radical (unpaired) electrons. The Bertz CT molecular complexity index is 1220. The highest BCUT2D eigenvalue weighted by Gasteiger charge is 2.15. The van der Waals surface area contributed by atoms with Crippen LogP contribution in [0.5, 0.6) is 5.75 Å². The molecule has 2 aromatic heterocycles. The molecule has 4 rings (SSSR count). The molecule has 0 atom stereocenters. The average molecular weight is 406 g/mol. The van der Waals surface area contributed by atoms with Crippen LogP contribution in [0, 0.1) is 0 Å². The predicted octanol–water partition coefficient (Wildman–Crippen LogP) is 5.63. The Labute approximate surface area is 170 Å². The number of aryl methyl sites for hydroxylation is 1. The number of aromatic nitrogens is 3. The third-order valence-corrected chi connectivity index (χ3v) is 5.01. The number of phenols is 1. The van der Waals surface area contributed by atoms with Gasteiger partial charge in [0, 0.05) is 32.6 Å². The van der Waals surface area contributed by atoms with Gasteiger partial charge in [0.25, 0.3) is 0 Å². The highest BCUT2D eigenvalue weighted by molar-refractivity contribution is 7.11. The van der Waals surface area contributed by atoms with E-state index in [1.807, 2.05) is 49.3 Å². The second-order valence-corrected chi connectivity index (χ2v) is 7.17. The van der Waals surface area contributed by atoms with Crippen molar-refractivity contribution in [1.82, 2.24) is 14.2 Å². The van der Waals surface area contributed by atoms with E-state index in [-0.39, 0.29) is 5.75 Å². The van der Waals surface area contributed by atoms with E-state index in [0.717, 1.165) is 10.9 Å². The molecule has 9 nitrogen and oxygen atoms in total. The van der Waals surface area contributed by atoms with Crippen molar-refractivity contribution in [2.45, 2.75) is 0 Å². The molecule has 0 unspecified atom stereocenters. The number of nitrogens with zero attached hydrogens (tertiary/aromatic N) is 8. The molecule has 0 spiro atoms. The summed E-state index contributed by atoms with van der Waals surface area (Å²) in [6.07, 6.45) is 1.63. The van der Waals surface area contributed by atoms with Gasteiger partial charge in [0.2, 0.25) is 0 Å². The second-order valence-electron chi connectivity index (χ2n) is 6.41. The maximum atomic E-state index is 10.8. The second kappa shape index (κ2) is 7.76. The Morgan fingerprint density at radius 2 is 1.83 bits per heavy atom. The standard InChI is InChI=1S/C19H18N8OS/c1-26(2)15-9-8-14(18(28)17(15)23-22-16-10-11-20-27(16)3)21-24-19-12-6-4-5-7-13(12)25-29-19/h4-11,28H,1-3H3. The first-order valence-corrected chi connectivity index (χ1v) is 9.51. The first-order chi connectivity index (χ1) is 14.0. The van der Waals surface area contributed by atoms with Crippen LogP contribution in [-0.2, 0) is 7.05 Å². The normalized spacial score (nSPS) is 11.8. The summed E-state index contributed by atoms with van der Waals surface area (Å²) in [5, 5.41) is 33.4. The van der Waals surface area contributed by atoms with Crippen LogP contribution in [0.4, 0.5) is 27.9 Å².